The number of aromatic nitrogens is 2. The Labute approximate surface area is 135 Å². The Morgan fingerprint density at radius 2 is 2.14 bits per heavy atom. The molecule has 0 unspecified atom stereocenters. The van der Waals surface area contributed by atoms with E-state index in [2.05, 4.69) is 31.2 Å². The molecule has 5 nitrogen and oxygen atoms in total. The van der Waals surface area contributed by atoms with Crippen molar-refractivity contribution in [1.29, 1.82) is 0 Å². The monoisotopic (exact) mass is 359 g/mol. The summed E-state index contributed by atoms with van der Waals surface area (Å²) in [5.41, 5.74) is 3.25. The van der Waals surface area contributed by atoms with Crippen LogP contribution in [0.1, 0.15) is 6.92 Å². The standard InChI is InChI=1S/C16H14BrN3O2/c1-2-22-16(21)20-14-9-10(17)7-8-11(14)15-18-12-5-3-4-6-13(12)19-15/h3-9H,2H2,1H3,(H,18,19)(H,20,21). The molecule has 0 fully saturated rings. The molecule has 0 atom stereocenters. The number of hydrogen-bond acceptors (Lipinski definition) is 3. The molecule has 6 heteroatoms. The number of carbonyl (C=O) groups is 1. The first-order valence-corrected chi connectivity index (χ1v) is 7.65. The Hall–Kier alpha value is -2.34. The van der Waals surface area contributed by atoms with Gasteiger partial charge in [0.25, 0.3) is 0 Å². The van der Waals surface area contributed by atoms with Gasteiger partial charge in [0.2, 0.25) is 0 Å². The van der Waals surface area contributed by atoms with Crippen molar-refractivity contribution in [3.8, 4) is 11.4 Å². The molecule has 1 amide bonds. The fourth-order valence-corrected chi connectivity index (χ4v) is 2.54. The van der Waals surface area contributed by atoms with Gasteiger partial charge < -0.3 is 9.72 Å². The van der Waals surface area contributed by atoms with Gasteiger partial charge in [0.05, 0.1) is 23.3 Å². The molecule has 0 saturated heterocycles. The number of ether oxygens (including phenoxy) is 1. The zero-order valence-electron chi connectivity index (χ0n) is 11.9. The lowest BCUT2D eigenvalue weighted by atomic mass is 10.1. The molecule has 0 aliphatic rings. The van der Waals surface area contributed by atoms with Crippen molar-refractivity contribution < 1.29 is 9.53 Å². The quantitative estimate of drug-likeness (QED) is 0.720. The smallest absolute Gasteiger partial charge is 0.411 e. The van der Waals surface area contributed by atoms with E-state index in [9.17, 15) is 4.79 Å². The number of benzene rings is 2. The maximum absolute atomic E-state index is 11.7. The molecule has 1 heterocycles. The average molecular weight is 360 g/mol. The largest absolute Gasteiger partial charge is 0.450 e. The molecule has 0 saturated carbocycles. The highest BCUT2D eigenvalue weighted by molar-refractivity contribution is 9.10. The highest BCUT2D eigenvalue weighted by atomic mass is 79.9. The van der Waals surface area contributed by atoms with E-state index in [1.165, 1.54) is 0 Å². The summed E-state index contributed by atoms with van der Waals surface area (Å²) in [6, 6.07) is 13.4. The highest BCUT2D eigenvalue weighted by Crippen LogP contribution is 2.30. The van der Waals surface area contributed by atoms with Crippen molar-refractivity contribution in [3.05, 3.63) is 46.9 Å². The van der Waals surface area contributed by atoms with Crippen molar-refractivity contribution in [2.24, 2.45) is 0 Å². The number of carbonyl (C=O) groups excluding carboxylic acids is 1. The van der Waals surface area contributed by atoms with E-state index in [-0.39, 0.29) is 0 Å². The van der Waals surface area contributed by atoms with Crippen LogP contribution in [0.2, 0.25) is 0 Å². The first-order chi connectivity index (χ1) is 10.7. The Bertz CT molecular complexity index is 796. The maximum Gasteiger partial charge on any atom is 0.411 e. The van der Waals surface area contributed by atoms with Gasteiger partial charge in [-0.3, -0.25) is 5.32 Å². The third-order valence-electron chi connectivity index (χ3n) is 3.14. The average Bonchev–Trinajstić information content (AvgIpc) is 2.91. The van der Waals surface area contributed by atoms with Crippen LogP contribution in [0.25, 0.3) is 22.4 Å². The number of hydrogen-bond donors (Lipinski definition) is 2. The second kappa shape index (κ2) is 6.19. The van der Waals surface area contributed by atoms with Gasteiger partial charge in [0, 0.05) is 10.0 Å². The Balaban J connectivity index is 2.03. The number of imidazole rings is 1. The number of rotatable bonds is 3. The summed E-state index contributed by atoms with van der Waals surface area (Å²) >= 11 is 3.41. The van der Waals surface area contributed by atoms with Gasteiger partial charge in [-0.2, -0.15) is 0 Å². The summed E-state index contributed by atoms with van der Waals surface area (Å²) in [4.78, 5) is 19.5. The Morgan fingerprint density at radius 3 is 2.91 bits per heavy atom. The zero-order valence-corrected chi connectivity index (χ0v) is 13.5. The molecule has 3 aromatic rings. The minimum Gasteiger partial charge on any atom is -0.450 e. The van der Waals surface area contributed by atoms with E-state index >= 15 is 0 Å². The summed E-state index contributed by atoms with van der Waals surface area (Å²) in [6.07, 6.45) is -0.488. The highest BCUT2D eigenvalue weighted by Gasteiger charge is 2.13. The fourth-order valence-electron chi connectivity index (χ4n) is 2.18. The predicted octanol–water partition coefficient (Wildman–Crippen LogP) is 4.56. The second-order valence-corrected chi connectivity index (χ2v) is 5.55. The number of anilines is 1. The molecule has 22 heavy (non-hydrogen) atoms. The maximum atomic E-state index is 11.7. The van der Waals surface area contributed by atoms with Gasteiger partial charge in [-0.05, 0) is 37.3 Å². The number of aromatic amines is 1. The van der Waals surface area contributed by atoms with E-state index in [4.69, 9.17) is 4.74 Å². The van der Waals surface area contributed by atoms with Crippen molar-refractivity contribution >= 4 is 38.7 Å². The number of para-hydroxylation sites is 2. The SMILES string of the molecule is CCOC(=O)Nc1cc(Br)ccc1-c1nc2ccccc2[nH]1. The van der Waals surface area contributed by atoms with E-state index in [0.29, 0.717) is 18.1 Å². The molecule has 0 spiro atoms. The van der Waals surface area contributed by atoms with E-state index < -0.39 is 6.09 Å². The topological polar surface area (TPSA) is 67.0 Å². The first kappa shape index (κ1) is 14.6. The van der Waals surface area contributed by atoms with Crippen LogP contribution in [0.3, 0.4) is 0 Å². The molecule has 0 aliphatic carbocycles. The van der Waals surface area contributed by atoms with E-state index in [1.807, 2.05) is 42.5 Å². The van der Waals surface area contributed by atoms with Gasteiger partial charge in [0.15, 0.2) is 0 Å². The lowest BCUT2D eigenvalue weighted by Crippen LogP contribution is -2.14. The molecule has 0 aliphatic heterocycles. The van der Waals surface area contributed by atoms with Crippen LogP contribution >= 0.6 is 15.9 Å². The summed E-state index contributed by atoms with van der Waals surface area (Å²) < 4.78 is 5.80. The summed E-state index contributed by atoms with van der Waals surface area (Å²) in [7, 11) is 0. The van der Waals surface area contributed by atoms with E-state index in [0.717, 1.165) is 21.1 Å². The van der Waals surface area contributed by atoms with Crippen LogP contribution in [-0.4, -0.2) is 22.7 Å². The molecule has 2 aromatic carbocycles. The first-order valence-electron chi connectivity index (χ1n) is 6.86. The van der Waals surface area contributed by atoms with Crippen LogP contribution in [0.5, 0.6) is 0 Å². The van der Waals surface area contributed by atoms with Crippen LogP contribution < -0.4 is 5.32 Å². The second-order valence-electron chi connectivity index (χ2n) is 4.64. The fraction of sp³-hybridized carbons (Fsp3) is 0.125. The van der Waals surface area contributed by atoms with Crippen molar-refractivity contribution in [2.75, 3.05) is 11.9 Å². The number of amides is 1. The van der Waals surface area contributed by atoms with Crippen LogP contribution in [0.15, 0.2) is 46.9 Å². The Kier molecular flexibility index (Phi) is 4.11. The molecule has 2 N–H and O–H groups in total. The van der Waals surface area contributed by atoms with Crippen molar-refractivity contribution in [3.63, 3.8) is 0 Å². The lowest BCUT2D eigenvalue weighted by Gasteiger charge is -2.10. The normalized spacial score (nSPS) is 10.6. The lowest BCUT2D eigenvalue weighted by molar-refractivity contribution is 0.168. The molecule has 112 valence electrons. The van der Waals surface area contributed by atoms with Gasteiger partial charge in [-0.1, -0.05) is 28.1 Å². The number of nitrogens with one attached hydrogen (secondary N) is 2. The Morgan fingerprint density at radius 1 is 1.32 bits per heavy atom. The van der Waals surface area contributed by atoms with Gasteiger partial charge in [0.1, 0.15) is 5.82 Å². The van der Waals surface area contributed by atoms with Crippen LogP contribution in [0, 0.1) is 0 Å². The van der Waals surface area contributed by atoms with Gasteiger partial charge in [-0.15, -0.1) is 0 Å². The summed E-state index contributed by atoms with van der Waals surface area (Å²) in [5.74, 6) is 0.695. The third kappa shape index (κ3) is 2.96. The minimum atomic E-state index is -0.488. The van der Waals surface area contributed by atoms with Crippen LogP contribution in [-0.2, 0) is 4.74 Å². The summed E-state index contributed by atoms with van der Waals surface area (Å²) in [5, 5.41) is 2.74. The van der Waals surface area contributed by atoms with Gasteiger partial charge in [-0.25, -0.2) is 9.78 Å². The minimum absolute atomic E-state index is 0.319. The molecular weight excluding hydrogens is 346 g/mol. The van der Waals surface area contributed by atoms with Gasteiger partial charge >= 0.3 is 6.09 Å². The van der Waals surface area contributed by atoms with E-state index in [1.54, 1.807) is 6.92 Å². The van der Waals surface area contributed by atoms with Crippen LogP contribution in [0.4, 0.5) is 10.5 Å². The molecule has 3 rings (SSSR count). The molecular formula is C16H14BrN3O2. The number of fused-ring (bicyclic) bond motifs is 1. The number of halogens is 1. The van der Waals surface area contributed by atoms with Crippen molar-refractivity contribution in [2.45, 2.75) is 6.92 Å². The predicted molar refractivity (Wildman–Crippen MR) is 89.9 cm³/mol. The van der Waals surface area contributed by atoms with Crippen molar-refractivity contribution in [1.82, 2.24) is 9.97 Å². The summed E-state index contributed by atoms with van der Waals surface area (Å²) in [6.45, 7) is 2.08. The molecule has 1 aromatic heterocycles. The molecule has 0 radical (unpaired) electrons. The number of nitrogens with zero attached hydrogens (tertiary/aromatic N) is 1. The third-order valence-corrected chi connectivity index (χ3v) is 3.63. The number of H-pyrrole nitrogens is 1. The molecule has 0 bridgehead atoms. The zero-order chi connectivity index (χ0) is 15.5.